The zero-order valence-electron chi connectivity index (χ0n) is 13.7. The molecule has 0 saturated carbocycles. The predicted octanol–water partition coefficient (Wildman–Crippen LogP) is 5.50. The van der Waals surface area contributed by atoms with E-state index in [-0.39, 0.29) is 6.42 Å². The second kappa shape index (κ2) is 10.2. The number of unbranched alkanes of at least 4 members (excludes halogenated alkanes) is 3. The van der Waals surface area contributed by atoms with Gasteiger partial charge in [0, 0.05) is 16.2 Å². The lowest BCUT2D eigenvalue weighted by Crippen LogP contribution is -1.94. The van der Waals surface area contributed by atoms with Crippen molar-refractivity contribution in [3.05, 3.63) is 57.8 Å². The van der Waals surface area contributed by atoms with E-state index in [1.54, 1.807) is 0 Å². The molecule has 0 saturated heterocycles. The van der Waals surface area contributed by atoms with Gasteiger partial charge < -0.3 is 5.11 Å². The molecule has 0 radical (unpaired) electrons. The van der Waals surface area contributed by atoms with Crippen LogP contribution in [0.15, 0.2) is 42.5 Å². The first-order valence-electron chi connectivity index (χ1n) is 8.57. The number of benzene rings is 1. The Balaban J connectivity index is 1.54. The van der Waals surface area contributed by atoms with Crippen LogP contribution in [0, 0.1) is 0 Å². The van der Waals surface area contributed by atoms with Crippen molar-refractivity contribution in [2.24, 2.45) is 0 Å². The van der Waals surface area contributed by atoms with Crippen LogP contribution in [0.4, 0.5) is 0 Å². The standard InChI is InChI=1S/C20H26O2S/c21-20(22)14-8-13-19-16-15-18(23-19)12-7-2-1-4-9-17-10-5-3-6-11-17/h3,5-6,10-11,15-16H,1-2,4,7-9,12-14H2,(H,21,22). The van der Waals surface area contributed by atoms with Gasteiger partial charge in [-0.3, -0.25) is 4.79 Å². The fourth-order valence-corrected chi connectivity index (χ4v) is 3.83. The molecule has 0 fully saturated rings. The molecular weight excluding hydrogens is 304 g/mol. The lowest BCUT2D eigenvalue weighted by molar-refractivity contribution is -0.137. The Labute approximate surface area is 143 Å². The highest BCUT2D eigenvalue weighted by atomic mass is 32.1. The van der Waals surface area contributed by atoms with Crippen molar-refractivity contribution in [2.45, 2.75) is 57.8 Å². The molecule has 0 atom stereocenters. The van der Waals surface area contributed by atoms with Crippen LogP contribution >= 0.6 is 11.3 Å². The highest BCUT2D eigenvalue weighted by Gasteiger charge is 2.03. The van der Waals surface area contributed by atoms with Crippen LogP contribution in [-0.2, 0) is 24.1 Å². The molecule has 124 valence electrons. The molecule has 0 amide bonds. The minimum atomic E-state index is -0.697. The molecule has 1 aromatic heterocycles. The Hall–Kier alpha value is -1.61. The highest BCUT2D eigenvalue weighted by Crippen LogP contribution is 2.21. The van der Waals surface area contributed by atoms with Crippen molar-refractivity contribution < 1.29 is 9.90 Å². The van der Waals surface area contributed by atoms with Gasteiger partial charge in [0.1, 0.15) is 0 Å². The predicted molar refractivity (Wildman–Crippen MR) is 97.2 cm³/mol. The third kappa shape index (κ3) is 7.47. The summed E-state index contributed by atoms with van der Waals surface area (Å²) in [6.07, 6.45) is 9.38. The summed E-state index contributed by atoms with van der Waals surface area (Å²) in [4.78, 5) is 13.3. The molecule has 2 nitrogen and oxygen atoms in total. The van der Waals surface area contributed by atoms with E-state index in [0.29, 0.717) is 0 Å². The first-order valence-corrected chi connectivity index (χ1v) is 9.39. The van der Waals surface area contributed by atoms with Crippen LogP contribution in [0.1, 0.15) is 53.8 Å². The van der Waals surface area contributed by atoms with Crippen LogP contribution in [0.5, 0.6) is 0 Å². The summed E-state index contributed by atoms with van der Waals surface area (Å²) in [6.45, 7) is 0. The minimum absolute atomic E-state index is 0.272. The van der Waals surface area contributed by atoms with Crippen molar-refractivity contribution in [1.82, 2.24) is 0 Å². The van der Waals surface area contributed by atoms with Crippen molar-refractivity contribution in [3.63, 3.8) is 0 Å². The van der Waals surface area contributed by atoms with Gasteiger partial charge in [-0.25, -0.2) is 0 Å². The number of carboxylic acid groups (broad SMARTS) is 1. The Bertz CT molecular complexity index is 574. The molecule has 0 aliphatic rings. The van der Waals surface area contributed by atoms with E-state index in [1.165, 1.54) is 47.4 Å². The minimum Gasteiger partial charge on any atom is -0.481 e. The SMILES string of the molecule is O=C(O)CCCc1ccc(CCCCCCc2ccccc2)s1. The topological polar surface area (TPSA) is 37.3 Å². The Morgan fingerprint density at radius 2 is 1.39 bits per heavy atom. The highest BCUT2D eigenvalue weighted by molar-refractivity contribution is 7.11. The summed E-state index contributed by atoms with van der Waals surface area (Å²) in [7, 11) is 0. The lowest BCUT2D eigenvalue weighted by Gasteiger charge is -2.02. The van der Waals surface area contributed by atoms with Crippen molar-refractivity contribution >= 4 is 17.3 Å². The molecule has 0 unspecified atom stereocenters. The van der Waals surface area contributed by atoms with Gasteiger partial charge in [-0.2, -0.15) is 0 Å². The van der Waals surface area contributed by atoms with E-state index < -0.39 is 5.97 Å². The molecule has 2 rings (SSSR count). The van der Waals surface area contributed by atoms with Crippen LogP contribution in [0.3, 0.4) is 0 Å². The Morgan fingerprint density at radius 1 is 0.783 bits per heavy atom. The van der Waals surface area contributed by atoms with Crippen molar-refractivity contribution in [3.8, 4) is 0 Å². The first-order chi connectivity index (χ1) is 11.2. The zero-order chi connectivity index (χ0) is 16.3. The fraction of sp³-hybridized carbons (Fsp3) is 0.450. The molecule has 0 aliphatic carbocycles. The summed E-state index contributed by atoms with van der Waals surface area (Å²) in [5.41, 5.74) is 1.44. The van der Waals surface area contributed by atoms with Gasteiger partial charge in [-0.05, 0) is 56.2 Å². The number of carboxylic acids is 1. The van der Waals surface area contributed by atoms with Gasteiger partial charge in [0.05, 0.1) is 0 Å². The third-order valence-electron chi connectivity index (χ3n) is 4.01. The molecule has 0 aliphatic heterocycles. The van der Waals surface area contributed by atoms with Gasteiger partial charge in [-0.15, -0.1) is 11.3 Å². The van der Waals surface area contributed by atoms with Gasteiger partial charge in [-0.1, -0.05) is 43.2 Å². The quantitative estimate of drug-likeness (QED) is 0.552. The average molecular weight is 330 g/mol. The van der Waals surface area contributed by atoms with E-state index in [1.807, 2.05) is 11.3 Å². The van der Waals surface area contributed by atoms with Gasteiger partial charge in [0.15, 0.2) is 0 Å². The Kier molecular flexibility index (Phi) is 7.88. The third-order valence-corrected chi connectivity index (χ3v) is 5.22. The maximum absolute atomic E-state index is 10.5. The second-order valence-electron chi connectivity index (χ2n) is 6.02. The van der Waals surface area contributed by atoms with Crippen LogP contribution in [0.25, 0.3) is 0 Å². The van der Waals surface area contributed by atoms with Gasteiger partial charge >= 0.3 is 5.97 Å². The maximum Gasteiger partial charge on any atom is 0.303 e. The number of aliphatic carboxylic acids is 1. The molecule has 1 aromatic carbocycles. The maximum atomic E-state index is 10.5. The summed E-state index contributed by atoms with van der Waals surface area (Å²) >= 11 is 1.85. The van der Waals surface area contributed by atoms with E-state index in [0.717, 1.165) is 19.3 Å². The summed E-state index contributed by atoms with van der Waals surface area (Å²) in [6, 6.07) is 15.1. The van der Waals surface area contributed by atoms with E-state index in [2.05, 4.69) is 42.5 Å². The number of aryl methyl sites for hydroxylation is 3. The monoisotopic (exact) mass is 330 g/mol. The smallest absolute Gasteiger partial charge is 0.303 e. The summed E-state index contributed by atoms with van der Waals surface area (Å²) in [5, 5.41) is 8.66. The van der Waals surface area contributed by atoms with E-state index in [9.17, 15) is 4.79 Å². The molecular formula is C20H26O2S. The van der Waals surface area contributed by atoms with Crippen molar-refractivity contribution in [2.75, 3.05) is 0 Å². The number of hydrogen-bond donors (Lipinski definition) is 1. The number of carbonyl (C=O) groups is 1. The number of hydrogen-bond acceptors (Lipinski definition) is 2. The first kappa shape index (κ1) is 17.7. The molecule has 1 heterocycles. The molecule has 1 N–H and O–H groups in total. The summed E-state index contributed by atoms with van der Waals surface area (Å²) < 4.78 is 0. The van der Waals surface area contributed by atoms with Crippen LogP contribution < -0.4 is 0 Å². The molecule has 3 heteroatoms. The second-order valence-corrected chi connectivity index (χ2v) is 7.27. The fourth-order valence-electron chi connectivity index (χ4n) is 2.73. The molecule has 0 spiro atoms. The van der Waals surface area contributed by atoms with Crippen LogP contribution in [0.2, 0.25) is 0 Å². The van der Waals surface area contributed by atoms with Gasteiger partial charge in [0.25, 0.3) is 0 Å². The number of rotatable bonds is 11. The van der Waals surface area contributed by atoms with Gasteiger partial charge in [0.2, 0.25) is 0 Å². The van der Waals surface area contributed by atoms with E-state index in [4.69, 9.17) is 5.11 Å². The normalized spacial score (nSPS) is 10.8. The van der Waals surface area contributed by atoms with E-state index >= 15 is 0 Å². The summed E-state index contributed by atoms with van der Waals surface area (Å²) in [5.74, 6) is -0.697. The number of thiophene rings is 1. The Morgan fingerprint density at radius 3 is 2.04 bits per heavy atom. The van der Waals surface area contributed by atoms with Crippen LogP contribution in [-0.4, -0.2) is 11.1 Å². The largest absolute Gasteiger partial charge is 0.481 e. The van der Waals surface area contributed by atoms with Crippen molar-refractivity contribution in [1.29, 1.82) is 0 Å². The molecule has 2 aromatic rings. The molecule has 0 bridgehead atoms. The molecule has 23 heavy (non-hydrogen) atoms. The average Bonchev–Trinajstić information content (AvgIpc) is 2.99. The zero-order valence-corrected chi connectivity index (χ0v) is 14.5. The lowest BCUT2D eigenvalue weighted by atomic mass is 10.1.